The van der Waals surface area contributed by atoms with Crippen LogP contribution >= 0.6 is 11.6 Å². The highest BCUT2D eigenvalue weighted by Gasteiger charge is 2.27. The number of amides is 2. The Labute approximate surface area is 258 Å². The molecular formula is C31H41ClN4O7. The average Bonchev–Trinajstić information content (AvgIpc) is 2.99. The van der Waals surface area contributed by atoms with Crippen molar-refractivity contribution in [1.82, 2.24) is 4.98 Å². The molecule has 43 heavy (non-hydrogen) atoms. The van der Waals surface area contributed by atoms with Crippen LogP contribution in [0.2, 0.25) is 5.02 Å². The van der Waals surface area contributed by atoms with Gasteiger partial charge in [-0.05, 0) is 63.8 Å². The summed E-state index contributed by atoms with van der Waals surface area (Å²) in [5, 5.41) is 2.96. The lowest BCUT2D eigenvalue weighted by Gasteiger charge is -2.31. The van der Waals surface area contributed by atoms with E-state index in [0.29, 0.717) is 60.7 Å². The van der Waals surface area contributed by atoms with Gasteiger partial charge in [-0.2, -0.15) is 0 Å². The second-order valence-corrected chi connectivity index (χ2v) is 11.7. The van der Waals surface area contributed by atoms with Gasteiger partial charge in [-0.25, -0.2) is 14.6 Å². The minimum absolute atomic E-state index is 0.0552. The Bertz CT molecular complexity index is 1260. The quantitative estimate of drug-likeness (QED) is 0.308. The summed E-state index contributed by atoms with van der Waals surface area (Å²) in [5.74, 6) is 0.399. The molecule has 1 atom stereocenters. The van der Waals surface area contributed by atoms with Crippen molar-refractivity contribution in [3.05, 3.63) is 59.3 Å². The number of hydrogen-bond acceptors (Lipinski definition) is 9. The van der Waals surface area contributed by atoms with Crippen molar-refractivity contribution in [3.8, 4) is 0 Å². The Kier molecular flexibility index (Phi) is 11.6. The molecule has 1 aromatic carbocycles. The smallest absolute Gasteiger partial charge is 0.416 e. The monoisotopic (exact) mass is 616 g/mol. The fourth-order valence-electron chi connectivity index (χ4n) is 4.58. The van der Waals surface area contributed by atoms with Gasteiger partial charge in [0.1, 0.15) is 18.0 Å². The summed E-state index contributed by atoms with van der Waals surface area (Å²) in [4.78, 5) is 34.4. The van der Waals surface area contributed by atoms with Gasteiger partial charge >= 0.3 is 12.2 Å². The predicted octanol–water partition coefficient (Wildman–Crippen LogP) is 6.29. The summed E-state index contributed by atoms with van der Waals surface area (Å²) in [7, 11) is 0. The third-order valence-electron chi connectivity index (χ3n) is 6.61. The van der Waals surface area contributed by atoms with Gasteiger partial charge in [-0.3, -0.25) is 10.2 Å². The van der Waals surface area contributed by atoms with Gasteiger partial charge in [0, 0.05) is 31.5 Å². The Morgan fingerprint density at radius 2 is 1.98 bits per heavy atom. The normalized spacial score (nSPS) is 17.2. The maximum atomic E-state index is 13.7. The largest absolute Gasteiger partial charge is 0.445 e. The van der Waals surface area contributed by atoms with Crippen LogP contribution in [-0.4, -0.2) is 68.6 Å². The standard InChI is InChI=1S/C31H41ClN4O7/c1-5-13-41-29(37)34-26-17-22(9-10-25(26)32)20-36(30(38)43-31(2,3)4)27-19-24(35-11-15-39-16-12-35)18-23(33-27)21-42-28-8-6-7-14-40-28/h5,9-10,17-19,28H,1,6-8,11-16,20-21H2,2-4H3,(H,34,37). The van der Waals surface area contributed by atoms with Crippen LogP contribution in [0, 0.1) is 0 Å². The van der Waals surface area contributed by atoms with Gasteiger partial charge in [-0.15, -0.1) is 0 Å². The highest BCUT2D eigenvalue weighted by molar-refractivity contribution is 6.33. The number of anilines is 3. The summed E-state index contributed by atoms with van der Waals surface area (Å²) in [6, 6.07) is 8.96. The summed E-state index contributed by atoms with van der Waals surface area (Å²) >= 11 is 6.36. The maximum absolute atomic E-state index is 13.7. The molecular weight excluding hydrogens is 576 g/mol. The van der Waals surface area contributed by atoms with Gasteiger partial charge in [0.15, 0.2) is 6.29 Å². The van der Waals surface area contributed by atoms with Crippen LogP contribution in [0.3, 0.4) is 0 Å². The molecule has 1 aromatic heterocycles. The predicted molar refractivity (Wildman–Crippen MR) is 165 cm³/mol. The molecule has 0 spiro atoms. The van der Waals surface area contributed by atoms with Crippen LogP contribution < -0.4 is 15.1 Å². The molecule has 0 radical (unpaired) electrons. The van der Waals surface area contributed by atoms with E-state index in [4.69, 9.17) is 40.3 Å². The van der Waals surface area contributed by atoms with Crippen LogP contribution in [-0.2, 0) is 36.8 Å². The molecule has 4 rings (SSSR count). The molecule has 2 aliphatic heterocycles. The number of rotatable bonds is 10. The molecule has 11 nitrogen and oxygen atoms in total. The topological polar surface area (TPSA) is 112 Å². The van der Waals surface area contributed by atoms with Gasteiger partial charge in [0.2, 0.25) is 0 Å². The molecule has 2 fully saturated rings. The van der Waals surface area contributed by atoms with Crippen LogP contribution in [0.5, 0.6) is 0 Å². The van der Waals surface area contributed by atoms with Crippen molar-refractivity contribution in [2.45, 2.75) is 65.1 Å². The Balaban J connectivity index is 1.66. The van der Waals surface area contributed by atoms with E-state index < -0.39 is 17.8 Å². The van der Waals surface area contributed by atoms with Gasteiger partial charge in [-0.1, -0.05) is 30.3 Å². The summed E-state index contributed by atoms with van der Waals surface area (Å²) in [5.41, 5.74) is 1.83. The number of aromatic nitrogens is 1. The van der Waals surface area contributed by atoms with Crippen LogP contribution in [0.1, 0.15) is 51.3 Å². The number of nitrogens with one attached hydrogen (secondary N) is 1. The molecule has 12 heteroatoms. The van der Waals surface area contributed by atoms with Crippen LogP contribution in [0.25, 0.3) is 0 Å². The van der Waals surface area contributed by atoms with Gasteiger partial charge in [0.05, 0.1) is 42.8 Å². The van der Waals surface area contributed by atoms with Crippen molar-refractivity contribution < 1.29 is 33.3 Å². The number of ether oxygens (including phenoxy) is 5. The van der Waals surface area contributed by atoms with E-state index in [0.717, 1.165) is 24.9 Å². The van der Waals surface area contributed by atoms with E-state index >= 15 is 0 Å². The highest BCUT2D eigenvalue weighted by atomic mass is 35.5. The number of pyridine rings is 1. The second kappa shape index (κ2) is 15.4. The van der Waals surface area contributed by atoms with E-state index in [1.165, 1.54) is 11.0 Å². The Morgan fingerprint density at radius 1 is 1.19 bits per heavy atom. The van der Waals surface area contributed by atoms with Crippen LogP contribution in [0.15, 0.2) is 43.0 Å². The number of nitrogens with zero attached hydrogens (tertiary/aromatic N) is 3. The fraction of sp³-hybridized carbons (Fsp3) is 0.516. The lowest BCUT2D eigenvalue weighted by molar-refractivity contribution is -0.169. The lowest BCUT2D eigenvalue weighted by atomic mass is 10.1. The van der Waals surface area contributed by atoms with E-state index in [9.17, 15) is 9.59 Å². The number of carbonyl (C=O) groups is 2. The number of benzene rings is 1. The van der Waals surface area contributed by atoms with Gasteiger partial charge in [0.25, 0.3) is 0 Å². The zero-order valence-electron chi connectivity index (χ0n) is 25.1. The summed E-state index contributed by atoms with van der Waals surface area (Å²) in [6.07, 6.45) is 2.84. The van der Waals surface area contributed by atoms with Crippen molar-refractivity contribution in [1.29, 1.82) is 0 Å². The first-order chi connectivity index (χ1) is 20.6. The van der Waals surface area contributed by atoms with Crippen molar-refractivity contribution in [2.24, 2.45) is 0 Å². The van der Waals surface area contributed by atoms with E-state index in [2.05, 4.69) is 16.8 Å². The molecule has 2 aliphatic rings. The summed E-state index contributed by atoms with van der Waals surface area (Å²) in [6.45, 7) is 12.6. The lowest BCUT2D eigenvalue weighted by Crippen LogP contribution is -2.38. The van der Waals surface area contributed by atoms with E-state index in [-0.39, 0.29) is 26.0 Å². The molecule has 2 saturated heterocycles. The first-order valence-corrected chi connectivity index (χ1v) is 14.9. The molecule has 1 unspecified atom stereocenters. The molecule has 0 bridgehead atoms. The second-order valence-electron chi connectivity index (χ2n) is 11.3. The highest BCUT2D eigenvalue weighted by Crippen LogP contribution is 2.29. The zero-order chi connectivity index (χ0) is 30.8. The maximum Gasteiger partial charge on any atom is 0.416 e. The fourth-order valence-corrected chi connectivity index (χ4v) is 4.74. The molecule has 2 aromatic rings. The molecule has 1 N–H and O–H groups in total. The number of hydrogen-bond donors (Lipinski definition) is 1. The third-order valence-corrected chi connectivity index (χ3v) is 6.94. The first-order valence-electron chi connectivity index (χ1n) is 14.5. The molecule has 0 aliphatic carbocycles. The SMILES string of the molecule is C=CCOC(=O)Nc1cc(CN(C(=O)OC(C)(C)C)c2cc(N3CCOCC3)cc(COC3CCCCO3)n2)ccc1Cl. The van der Waals surface area contributed by atoms with Crippen molar-refractivity contribution >= 4 is 41.0 Å². The van der Waals surface area contributed by atoms with E-state index in [1.807, 2.05) is 32.9 Å². The van der Waals surface area contributed by atoms with Crippen LogP contribution in [0.4, 0.5) is 26.8 Å². The Morgan fingerprint density at radius 3 is 2.67 bits per heavy atom. The van der Waals surface area contributed by atoms with E-state index in [1.54, 1.807) is 18.2 Å². The first kappa shape index (κ1) is 32.5. The molecule has 234 valence electrons. The average molecular weight is 617 g/mol. The molecule has 2 amide bonds. The summed E-state index contributed by atoms with van der Waals surface area (Å²) < 4.78 is 28.2. The number of morpholine rings is 1. The van der Waals surface area contributed by atoms with Gasteiger partial charge < -0.3 is 28.6 Å². The minimum Gasteiger partial charge on any atom is -0.445 e. The van der Waals surface area contributed by atoms with Crippen molar-refractivity contribution in [2.75, 3.05) is 54.6 Å². The third kappa shape index (κ3) is 10.1. The zero-order valence-corrected chi connectivity index (χ0v) is 25.9. The molecule has 0 saturated carbocycles. The number of carbonyl (C=O) groups excluding carboxylic acids is 2. The number of halogens is 1. The molecule has 3 heterocycles. The minimum atomic E-state index is -0.747. The van der Waals surface area contributed by atoms with Crippen molar-refractivity contribution in [3.63, 3.8) is 0 Å². The Hall–Kier alpha value is -3.38.